The number of H-pyrrole nitrogens is 1. The summed E-state index contributed by atoms with van der Waals surface area (Å²) < 4.78 is 0. The van der Waals surface area contributed by atoms with Crippen LogP contribution in [0.3, 0.4) is 0 Å². The normalized spacial score (nSPS) is 10.9. The van der Waals surface area contributed by atoms with E-state index in [2.05, 4.69) is 4.98 Å². The van der Waals surface area contributed by atoms with Crippen LogP contribution in [0.5, 0.6) is 5.75 Å². The summed E-state index contributed by atoms with van der Waals surface area (Å²) in [6.45, 7) is 2.46. The first-order chi connectivity index (χ1) is 6.24. The van der Waals surface area contributed by atoms with E-state index in [-0.39, 0.29) is 5.75 Å². The summed E-state index contributed by atoms with van der Waals surface area (Å²) in [4.78, 5) is 3.12. The molecule has 0 unspecified atom stereocenters. The summed E-state index contributed by atoms with van der Waals surface area (Å²) in [5, 5.41) is 10.5. The zero-order valence-corrected chi connectivity index (χ0v) is 7.46. The van der Waals surface area contributed by atoms with Gasteiger partial charge in [-0.2, -0.15) is 0 Å². The largest absolute Gasteiger partial charge is 0.506 e. The predicted molar refractivity (Wildman–Crippen MR) is 52.6 cm³/mol. The van der Waals surface area contributed by atoms with Gasteiger partial charge >= 0.3 is 0 Å². The van der Waals surface area contributed by atoms with Crippen molar-refractivity contribution in [3.8, 4) is 5.75 Å². The third-order valence-electron chi connectivity index (χ3n) is 2.34. The van der Waals surface area contributed by atoms with Gasteiger partial charge in [0, 0.05) is 17.6 Å². The second kappa shape index (κ2) is 2.78. The number of aromatic amines is 1. The zero-order chi connectivity index (χ0) is 9.42. The number of hydrogen-bond donors (Lipinski definition) is 3. The number of nitrogens with one attached hydrogen (secondary N) is 1. The minimum absolute atomic E-state index is 0.278. The highest BCUT2D eigenvalue weighted by Gasteiger charge is 2.08. The fourth-order valence-electron chi connectivity index (χ4n) is 1.65. The number of rotatable bonds is 1. The standard InChI is InChI=1S/C10H12N2O/c1-6-8(5-11)7-3-2-4-9(13)10(7)12-6/h2-4,12-13H,5,11H2,1H3. The Bertz CT molecular complexity index is 445. The molecule has 0 aliphatic rings. The summed E-state index contributed by atoms with van der Waals surface area (Å²) in [7, 11) is 0. The fourth-order valence-corrected chi connectivity index (χ4v) is 1.65. The Morgan fingerprint density at radius 2 is 2.23 bits per heavy atom. The maximum absolute atomic E-state index is 9.53. The van der Waals surface area contributed by atoms with Crippen molar-refractivity contribution >= 4 is 10.9 Å². The first-order valence-corrected chi connectivity index (χ1v) is 4.23. The molecule has 1 aromatic carbocycles. The second-order valence-corrected chi connectivity index (χ2v) is 3.13. The molecule has 0 bridgehead atoms. The van der Waals surface area contributed by atoms with E-state index in [1.807, 2.05) is 19.1 Å². The molecule has 0 saturated carbocycles. The molecular formula is C10H12N2O. The summed E-state index contributed by atoms with van der Waals surface area (Å²) in [5.41, 5.74) is 8.49. The van der Waals surface area contributed by atoms with Gasteiger partial charge in [0.25, 0.3) is 0 Å². The van der Waals surface area contributed by atoms with Crippen LogP contribution < -0.4 is 5.73 Å². The summed E-state index contributed by atoms with van der Waals surface area (Å²) in [6, 6.07) is 5.45. The predicted octanol–water partition coefficient (Wildman–Crippen LogP) is 1.64. The monoisotopic (exact) mass is 176 g/mol. The van der Waals surface area contributed by atoms with Crippen molar-refractivity contribution in [3.63, 3.8) is 0 Å². The Hall–Kier alpha value is -1.48. The van der Waals surface area contributed by atoms with E-state index in [0.29, 0.717) is 6.54 Å². The van der Waals surface area contributed by atoms with Gasteiger partial charge in [-0.1, -0.05) is 12.1 Å². The summed E-state index contributed by atoms with van der Waals surface area (Å²) in [6.07, 6.45) is 0. The Balaban J connectivity index is 2.86. The molecule has 0 fully saturated rings. The molecule has 1 aromatic heterocycles. The average Bonchev–Trinajstić information content (AvgIpc) is 2.43. The molecule has 0 aliphatic heterocycles. The quantitative estimate of drug-likeness (QED) is 0.618. The second-order valence-electron chi connectivity index (χ2n) is 3.13. The topological polar surface area (TPSA) is 62.0 Å². The Morgan fingerprint density at radius 1 is 1.46 bits per heavy atom. The van der Waals surface area contributed by atoms with Crippen LogP contribution in [0.1, 0.15) is 11.3 Å². The van der Waals surface area contributed by atoms with E-state index in [1.54, 1.807) is 6.07 Å². The van der Waals surface area contributed by atoms with E-state index >= 15 is 0 Å². The zero-order valence-electron chi connectivity index (χ0n) is 7.46. The molecule has 0 amide bonds. The number of fused-ring (bicyclic) bond motifs is 1. The van der Waals surface area contributed by atoms with Crippen LogP contribution >= 0.6 is 0 Å². The maximum atomic E-state index is 9.53. The Labute approximate surface area is 76.2 Å². The van der Waals surface area contributed by atoms with E-state index in [4.69, 9.17) is 5.73 Å². The molecule has 3 nitrogen and oxygen atoms in total. The number of aromatic nitrogens is 1. The Morgan fingerprint density at radius 3 is 2.92 bits per heavy atom. The molecule has 2 aromatic rings. The Kier molecular flexibility index (Phi) is 1.74. The van der Waals surface area contributed by atoms with E-state index < -0.39 is 0 Å². The lowest BCUT2D eigenvalue weighted by molar-refractivity contribution is 0.480. The summed E-state index contributed by atoms with van der Waals surface area (Å²) >= 11 is 0. The highest BCUT2D eigenvalue weighted by Crippen LogP contribution is 2.27. The van der Waals surface area contributed by atoms with E-state index in [0.717, 1.165) is 22.2 Å². The number of hydrogen-bond acceptors (Lipinski definition) is 2. The van der Waals surface area contributed by atoms with Crippen LogP contribution in [0.4, 0.5) is 0 Å². The number of benzene rings is 1. The van der Waals surface area contributed by atoms with Crippen molar-refractivity contribution in [2.75, 3.05) is 0 Å². The number of phenolic OH excluding ortho intramolecular Hbond substituents is 1. The third-order valence-corrected chi connectivity index (χ3v) is 2.34. The minimum atomic E-state index is 0.278. The lowest BCUT2D eigenvalue weighted by Gasteiger charge is -1.95. The minimum Gasteiger partial charge on any atom is -0.506 e. The maximum Gasteiger partial charge on any atom is 0.139 e. The number of para-hydroxylation sites is 1. The number of phenols is 1. The number of aromatic hydroxyl groups is 1. The molecule has 2 rings (SSSR count). The molecule has 68 valence electrons. The molecule has 4 N–H and O–H groups in total. The van der Waals surface area contributed by atoms with Gasteiger partial charge < -0.3 is 15.8 Å². The lowest BCUT2D eigenvalue weighted by Crippen LogP contribution is -1.96. The van der Waals surface area contributed by atoms with Crippen molar-refractivity contribution < 1.29 is 5.11 Å². The van der Waals surface area contributed by atoms with Crippen LogP contribution in [0.15, 0.2) is 18.2 Å². The highest BCUT2D eigenvalue weighted by molar-refractivity contribution is 5.89. The molecule has 3 heteroatoms. The van der Waals surface area contributed by atoms with Gasteiger partial charge in [0.05, 0.1) is 5.52 Å². The van der Waals surface area contributed by atoms with Crippen LogP contribution in [-0.2, 0) is 6.54 Å². The molecule has 0 atom stereocenters. The molecule has 0 radical (unpaired) electrons. The van der Waals surface area contributed by atoms with Crippen molar-refractivity contribution in [2.45, 2.75) is 13.5 Å². The number of aryl methyl sites for hydroxylation is 1. The first-order valence-electron chi connectivity index (χ1n) is 4.23. The average molecular weight is 176 g/mol. The van der Waals surface area contributed by atoms with Crippen molar-refractivity contribution in [1.82, 2.24) is 4.98 Å². The highest BCUT2D eigenvalue weighted by atomic mass is 16.3. The van der Waals surface area contributed by atoms with Gasteiger partial charge in [-0.25, -0.2) is 0 Å². The summed E-state index contributed by atoms with van der Waals surface area (Å²) in [5.74, 6) is 0.278. The molecule has 0 spiro atoms. The molecule has 0 saturated heterocycles. The smallest absolute Gasteiger partial charge is 0.139 e. The molecular weight excluding hydrogens is 164 g/mol. The van der Waals surface area contributed by atoms with Crippen molar-refractivity contribution in [1.29, 1.82) is 0 Å². The van der Waals surface area contributed by atoms with E-state index in [9.17, 15) is 5.11 Å². The van der Waals surface area contributed by atoms with Crippen LogP contribution in [0.25, 0.3) is 10.9 Å². The van der Waals surface area contributed by atoms with Gasteiger partial charge in [-0.15, -0.1) is 0 Å². The van der Waals surface area contributed by atoms with Crippen molar-refractivity contribution in [3.05, 3.63) is 29.5 Å². The molecule has 13 heavy (non-hydrogen) atoms. The molecule has 1 heterocycles. The van der Waals surface area contributed by atoms with Crippen LogP contribution in [0.2, 0.25) is 0 Å². The van der Waals surface area contributed by atoms with Gasteiger partial charge in [0.1, 0.15) is 5.75 Å². The first kappa shape index (κ1) is 8.13. The van der Waals surface area contributed by atoms with Crippen LogP contribution in [-0.4, -0.2) is 10.1 Å². The van der Waals surface area contributed by atoms with Gasteiger partial charge in [-0.3, -0.25) is 0 Å². The van der Waals surface area contributed by atoms with E-state index in [1.165, 1.54) is 0 Å². The third kappa shape index (κ3) is 1.09. The fraction of sp³-hybridized carbons (Fsp3) is 0.200. The van der Waals surface area contributed by atoms with Crippen LogP contribution in [0, 0.1) is 6.92 Å². The van der Waals surface area contributed by atoms with Crippen molar-refractivity contribution in [2.24, 2.45) is 5.73 Å². The van der Waals surface area contributed by atoms with Gasteiger partial charge in [0.2, 0.25) is 0 Å². The lowest BCUT2D eigenvalue weighted by atomic mass is 10.1. The number of nitrogens with two attached hydrogens (primary N) is 1. The SMILES string of the molecule is Cc1[nH]c2c(O)cccc2c1CN. The molecule has 0 aliphatic carbocycles. The van der Waals surface area contributed by atoms with Gasteiger partial charge in [-0.05, 0) is 18.6 Å². The van der Waals surface area contributed by atoms with Gasteiger partial charge in [0.15, 0.2) is 0 Å².